The van der Waals surface area contributed by atoms with Crippen molar-refractivity contribution in [1.82, 2.24) is 15.0 Å². The lowest BCUT2D eigenvalue weighted by molar-refractivity contribution is 0.317. The third kappa shape index (κ3) is 3.71. The molecule has 106 valence electrons. The Bertz CT molecular complexity index is 559. The van der Waals surface area contributed by atoms with Crippen molar-refractivity contribution in [3.05, 3.63) is 24.3 Å². The van der Waals surface area contributed by atoms with Crippen LogP contribution in [-0.2, 0) is 0 Å². The molecule has 0 radical (unpaired) electrons. The summed E-state index contributed by atoms with van der Waals surface area (Å²) in [5, 5.41) is 3.02. The lowest BCUT2D eigenvalue weighted by Gasteiger charge is -2.08. The summed E-state index contributed by atoms with van der Waals surface area (Å²) in [7, 11) is 1.47. The normalized spacial score (nSPS) is 10.1. The smallest absolute Gasteiger partial charge is 0.322 e. The number of ether oxygens (including phenoxy) is 2. The highest BCUT2D eigenvalue weighted by Gasteiger charge is 2.04. The van der Waals surface area contributed by atoms with Gasteiger partial charge in [0.05, 0.1) is 13.7 Å². The van der Waals surface area contributed by atoms with E-state index in [0.29, 0.717) is 12.6 Å². The van der Waals surface area contributed by atoms with Crippen molar-refractivity contribution < 1.29 is 9.47 Å². The summed E-state index contributed by atoms with van der Waals surface area (Å²) in [6, 6.07) is 7.66. The summed E-state index contributed by atoms with van der Waals surface area (Å²) in [5.41, 5.74) is 6.39. The van der Waals surface area contributed by atoms with Gasteiger partial charge in [0.2, 0.25) is 11.9 Å². The Morgan fingerprint density at radius 2 is 1.90 bits per heavy atom. The fraction of sp³-hybridized carbons (Fsp3) is 0.308. The largest absolute Gasteiger partial charge is 0.494 e. The van der Waals surface area contributed by atoms with Crippen LogP contribution in [0.25, 0.3) is 0 Å². The van der Waals surface area contributed by atoms with Crippen LogP contribution in [0.15, 0.2) is 24.3 Å². The van der Waals surface area contributed by atoms with E-state index >= 15 is 0 Å². The van der Waals surface area contributed by atoms with Gasteiger partial charge in [-0.1, -0.05) is 6.92 Å². The quantitative estimate of drug-likeness (QED) is 0.832. The number of nitrogen functional groups attached to an aromatic ring is 1. The molecule has 2 aromatic rings. The van der Waals surface area contributed by atoms with E-state index in [1.54, 1.807) is 0 Å². The highest BCUT2D eigenvalue weighted by molar-refractivity contribution is 5.55. The first kappa shape index (κ1) is 13.9. The van der Waals surface area contributed by atoms with E-state index in [2.05, 4.69) is 27.2 Å². The molecule has 1 aromatic carbocycles. The maximum absolute atomic E-state index is 5.57. The SMILES string of the molecule is CCCOc1ccc(Nc2nc(N)nc(OC)n2)cc1. The lowest BCUT2D eigenvalue weighted by Crippen LogP contribution is -2.05. The monoisotopic (exact) mass is 275 g/mol. The predicted molar refractivity (Wildman–Crippen MR) is 76.3 cm³/mol. The number of aromatic nitrogens is 3. The molecule has 3 N–H and O–H groups in total. The van der Waals surface area contributed by atoms with Gasteiger partial charge in [0.1, 0.15) is 5.75 Å². The Labute approximate surface area is 117 Å². The fourth-order valence-corrected chi connectivity index (χ4v) is 1.50. The molecule has 20 heavy (non-hydrogen) atoms. The van der Waals surface area contributed by atoms with Gasteiger partial charge in [0.25, 0.3) is 0 Å². The van der Waals surface area contributed by atoms with Crippen LogP contribution in [0.4, 0.5) is 17.6 Å². The molecule has 2 rings (SSSR count). The Balaban J connectivity index is 2.07. The molecule has 0 atom stereocenters. The second-order valence-electron chi connectivity index (χ2n) is 4.00. The number of anilines is 3. The number of methoxy groups -OCH3 is 1. The van der Waals surface area contributed by atoms with E-state index in [1.807, 2.05) is 24.3 Å². The minimum absolute atomic E-state index is 0.0993. The summed E-state index contributed by atoms with van der Waals surface area (Å²) in [6.07, 6.45) is 0.976. The first-order valence-electron chi connectivity index (χ1n) is 6.26. The van der Waals surface area contributed by atoms with Crippen molar-refractivity contribution in [3.63, 3.8) is 0 Å². The molecule has 0 fully saturated rings. The van der Waals surface area contributed by atoms with Crippen LogP contribution in [0.2, 0.25) is 0 Å². The van der Waals surface area contributed by atoms with Crippen LogP contribution in [0, 0.1) is 0 Å². The van der Waals surface area contributed by atoms with Crippen LogP contribution < -0.4 is 20.5 Å². The van der Waals surface area contributed by atoms with Gasteiger partial charge in [-0.25, -0.2) is 0 Å². The molecule has 0 bridgehead atoms. The Kier molecular flexibility index (Phi) is 4.54. The van der Waals surface area contributed by atoms with E-state index in [1.165, 1.54) is 7.11 Å². The summed E-state index contributed by atoms with van der Waals surface area (Å²) in [5.74, 6) is 1.25. The van der Waals surface area contributed by atoms with Crippen molar-refractivity contribution >= 4 is 17.6 Å². The molecule has 1 heterocycles. The summed E-state index contributed by atoms with van der Waals surface area (Å²) >= 11 is 0. The van der Waals surface area contributed by atoms with Gasteiger partial charge in [-0.05, 0) is 30.7 Å². The maximum atomic E-state index is 5.57. The van der Waals surface area contributed by atoms with Gasteiger partial charge >= 0.3 is 6.01 Å². The first-order chi connectivity index (χ1) is 9.71. The van der Waals surface area contributed by atoms with E-state index < -0.39 is 0 Å². The third-order valence-electron chi connectivity index (χ3n) is 2.40. The summed E-state index contributed by atoms with van der Waals surface area (Å²) in [4.78, 5) is 11.8. The lowest BCUT2D eigenvalue weighted by atomic mass is 10.3. The maximum Gasteiger partial charge on any atom is 0.322 e. The number of rotatable bonds is 6. The van der Waals surface area contributed by atoms with Gasteiger partial charge in [-0.2, -0.15) is 15.0 Å². The number of nitrogens with one attached hydrogen (secondary N) is 1. The number of nitrogens with two attached hydrogens (primary N) is 1. The molecular weight excluding hydrogens is 258 g/mol. The van der Waals surface area contributed by atoms with Crippen LogP contribution in [0.3, 0.4) is 0 Å². The number of nitrogens with zero attached hydrogens (tertiary/aromatic N) is 3. The molecule has 0 amide bonds. The molecule has 0 spiro atoms. The Morgan fingerprint density at radius 1 is 1.15 bits per heavy atom. The standard InChI is InChI=1S/C13H17N5O2/c1-3-8-20-10-6-4-9(5-7-10)15-12-16-11(14)17-13(18-12)19-2/h4-7H,3,8H2,1-2H3,(H3,14,15,16,17,18). The van der Waals surface area contributed by atoms with Crippen molar-refractivity contribution in [2.45, 2.75) is 13.3 Å². The third-order valence-corrected chi connectivity index (χ3v) is 2.40. The van der Waals surface area contributed by atoms with Crippen LogP contribution in [0.1, 0.15) is 13.3 Å². The minimum Gasteiger partial charge on any atom is -0.494 e. The van der Waals surface area contributed by atoms with E-state index in [4.69, 9.17) is 15.2 Å². The van der Waals surface area contributed by atoms with Crippen molar-refractivity contribution in [3.8, 4) is 11.8 Å². The molecule has 0 aliphatic heterocycles. The number of hydrogen-bond acceptors (Lipinski definition) is 7. The topological polar surface area (TPSA) is 95.2 Å². The molecule has 0 saturated carbocycles. The molecule has 1 aromatic heterocycles. The predicted octanol–water partition coefficient (Wildman–Crippen LogP) is 1.99. The highest BCUT2D eigenvalue weighted by Crippen LogP contribution is 2.19. The fourth-order valence-electron chi connectivity index (χ4n) is 1.50. The highest BCUT2D eigenvalue weighted by atomic mass is 16.5. The molecule has 0 aliphatic carbocycles. The summed E-state index contributed by atoms with van der Waals surface area (Å²) < 4.78 is 10.4. The van der Waals surface area contributed by atoms with E-state index in [-0.39, 0.29) is 12.0 Å². The molecular formula is C13H17N5O2. The van der Waals surface area contributed by atoms with Crippen LogP contribution in [0.5, 0.6) is 11.8 Å². The average Bonchev–Trinajstić information content (AvgIpc) is 2.46. The van der Waals surface area contributed by atoms with Gasteiger partial charge in [0.15, 0.2) is 0 Å². The second-order valence-corrected chi connectivity index (χ2v) is 4.00. The number of hydrogen-bond donors (Lipinski definition) is 2. The summed E-state index contributed by atoms with van der Waals surface area (Å²) in [6.45, 7) is 2.77. The Morgan fingerprint density at radius 3 is 2.55 bits per heavy atom. The molecule has 7 nitrogen and oxygen atoms in total. The van der Waals surface area contributed by atoms with E-state index in [0.717, 1.165) is 17.9 Å². The van der Waals surface area contributed by atoms with Crippen LogP contribution >= 0.6 is 0 Å². The molecule has 0 saturated heterocycles. The van der Waals surface area contributed by atoms with Gasteiger partial charge < -0.3 is 20.5 Å². The zero-order valence-electron chi connectivity index (χ0n) is 11.5. The number of benzene rings is 1. The second kappa shape index (κ2) is 6.55. The van der Waals surface area contributed by atoms with Gasteiger partial charge in [0, 0.05) is 5.69 Å². The van der Waals surface area contributed by atoms with Gasteiger partial charge in [-0.3, -0.25) is 0 Å². The van der Waals surface area contributed by atoms with Crippen molar-refractivity contribution in [1.29, 1.82) is 0 Å². The van der Waals surface area contributed by atoms with E-state index in [9.17, 15) is 0 Å². The Hall–Kier alpha value is -2.57. The zero-order chi connectivity index (χ0) is 14.4. The molecule has 0 unspecified atom stereocenters. The minimum atomic E-state index is 0.0993. The van der Waals surface area contributed by atoms with Crippen molar-refractivity contribution in [2.75, 3.05) is 24.8 Å². The van der Waals surface area contributed by atoms with Gasteiger partial charge in [-0.15, -0.1) is 0 Å². The van der Waals surface area contributed by atoms with Crippen molar-refractivity contribution in [2.24, 2.45) is 0 Å². The first-order valence-corrected chi connectivity index (χ1v) is 6.26. The molecule has 7 heteroatoms. The van der Waals surface area contributed by atoms with Crippen LogP contribution in [-0.4, -0.2) is 28.7 Å². The average molecular weight is 275 g/mol. The zero-order valence-corrected chi connectivity index (χ0v) is 11.5. The molecule has 0 aliphatic rings.